The van der Waals surface area contributed by atoms with E-state index in [-0.39, 0.29) is 24.7 Å². The number of nitrogens with zero attached hydrogens (tertiary/aromatic N) is 3. The number of benzene rings is 1. The summed E-state index contributed by atoms with van der Waals surface area (Å²) < 4.78 is 26.9. The van der Waals surface area contributed by atoms with E-state index in [1.54, 1.807) is 42.7 Å². The van der Waals surface area contributed by atoms with Crippen LogP contribution in [0.5, 0.6) is 0 Å². The van der Waals surface area contributed by atoms with Crippen LogP contribution in [-0.4, -0.2) is 33.8 Å². The molecule has 0 aliphatic carbocycles. The molecule has 9 heteroatoms. The Morgan fingerprint density at radius 1 is 1.14 bits per heavy atom. The molecule has 0 saturated heterocycles. The molecule has 1 aliphatic heterocycles. The van der Waals surface area contributed by atoms with Crippen LogP contribution < -0.4 is 5.32 Å². The highest BCUT2D eigenvalue weighted by Gasteiger charge is 2.33. The van der Waals surface area contributed by atoms with Crippen LogP contribution in [0.2, 0.25) is 0 Å². The van der Waals surface area contributed by atoms with E-state index in [4.69, 9.17) is 0 Å². The Balaban J connectivity index is 1.43. The molecule has 0 radical (unpaired) electrons. The van der Waals surface area contributed by atoms with E-state index in [1.165, 1.54) is 10.4 Å². The third-order valence-corrected chi connectivity index (χ3v) is 6.32. The number of H-pyrrole nitrogens is 1. The minimum atomic E-state index is -3.49. The first-order valence-corrected chi connectivity index (χ1v) is 10.6. The van der Waals surface area contributed by atoms with E-state index < -0.39 is 10.0 Å². The predicted molar refractivity (Wildman–Crippen MR) is 109 cm³/mol. The Hall–Kier alpha value is -3.30. The highest BCUT2D eigenvalue weighted by molar-refractivity contribution is 7.88. The fourth-order valence-corrected chi connectivity index (χ4v) is 4.54. The lowest BCUT2D eigenvalue weighted by Gasteiger charge is -2.16. The third-order valence-electron chi connectivity index (χ3n) is 4.58. The third kappa shape index (κ3) is 4.41. The molecule has 29 heavy (non-hydrogen) atoms. The highest BCUT2D eigenvalue weighted by Crippen LogP contribution is 2.30. The minimum absolute atomic E-state index is 0.0676. The molecule has 0 atom stereocenters. The van der Waals surface area contributed by atoms with Gasteiger partial charge in [0.25, 0.3) is 0 Å². The molecule has 0 fully saturated rings. The largest absolute Gasteiger partial charge is 0.305 e. The number of fused-ring (bicyclic) bond motifs is 1. The van der Waals surface area contributed by atoms with Gasteiger partial charge in [-0.1, -0.05) is 30.3 Å². The van der Waals surface area contributed by atoms with Gasteiger partial charge in [-0.3, -0.25) is 14.9 Å². The fraction of sp³-hybridized carbons (Fsp3) is 0.150. The summed E-state index contributed by atoms with van der Waals surface area (Å²) in [7, 11) is -3.49. The lowest BCUT2D eigenvalue weighted by molar-refractivity contribution is -0.111. The van der Waals surface area contributed by atoms with Crippen LogP contribution >= 0.6 is 0 Å². The van der Waals surface area contributed by atoms with Crippen molar-refractivity contribution in [3.63, 3.8) is 0 Å². The lowest BCUT2D eigenvalue weighted by Crippen LogP contribution is -2.27. The van der Waals surface area contributed by atoms with Gasteiger partial charge in [0.05, 0.1) is 18.0 Å². The van der Waals surface area contributed by atoms with Crippen molar-refractivity contribution in [2.24, 2.45) is 0 Å². The zero-order valence-corrected chi connectivity index (χ0v) is 16.3. The summed E-state index contributed by atoms with van der Waals surface area (Å²) in [5.74, 6) is -0.0643. The number of nitrogens with one attached hydrogen (secondary N) is 2. The molecular weight excluding hydrogens is 390 g/mol. The van der Waals surface area contributed by atoms with Gasteiger partial charge in [0.15, 0.2) is 5.82 Å². The van der Waals surface area contributed by atoms with Crippen LogP contribution in [0.25, 0.3) is 6.08 Å². The maximum atomic E-state index is 12.7. The van der Waals surface area contributed by atoms with Crippen LogP contribution in [0.3, 0.4) is 0 Å². The number of anilines is 1. The van der Waals surface area contributed by atoms with E-state index in [9.17, 15) is 13.2 Å². The number of pyridine rings is 1. The van der Waals surface area contributed by atoms with Gasteiger partial charge >= 0.3 is 0 Å². The van der Waals surface area contributed by atoms with E-state index >= 15 is 0 Å². The zero-order chi connectivity index (χ0) is 20.3. The molecule has 1 aliphatic rings. The van der Waals surface area contributed by atoms with Gasteiger partial charge < -0.3 is 5.32 Å². The number of carbonyl (C=O) groups is 1. The van der Waals surface area contributed by atoms with Crippen molar-refractivity contribution < 1.29 is 13.2 Å². The minimum Gasteiger partial charge on any atom is -0.305 e. The molecule has 0 unspecified atom stereocenters. The van der Waals surface area contributed by atoms with Crippen LogP contribution in [0.1, 0.15) is 22.4 Å². The van der Waals surface area contributed by atoms with E-state index in [0.29, 0.717) is 17.1 Å². The maximum absolute atomic E-state index is 12.7. The van der Waals surface area contributed by atoms with Crippen molar-refractivity contribution in [1.82, 2.24) is 19.5 Å². The van der Waals surface area contributed by atoms with Crippen LogP contribution in [0.4, 0.5) is 5.82 Å². The summed E-state index contributed by atoms with van der Waals surface area (Å²) in [6.07, 6.45) is 6.35. The monoisotopic (exact) mass is 409 g/mol. The first-order valence-electron chi connectivity index (χ1n) is 8.98. The molecule has 3 aromatic rings. The highest BCUT2D eigenvalue weighted by atomic mass is 32.2. The molecule has 4 rings (SSSR count). The molecule has 8 nitrogen and oxygen atoms in total. The summed E-state index contributed by atoms with van der Waals surface area (Å²) in [5, 5.41) is 9.65. The standard InChI is InChI=1S/C20H19N5O3S/c26-19(7-6-15-8-10-21-11-9-15)22-20-17-12-25(13-18(17)23-24-20)29(27,28)14-16-4-2-1-3-5-16/h1-11H,12-14H2,(H2,22,23,24,26)/b7-6+. The Kier molecular flexibility index (Phi) is 5.24. The van der Waals surface area contributed by atoms with Crippen molar-refractivity contribution in [2.75, 3.05) is 5.32 Å². The number of amides is 1. The molecule has 148 valence electrons. The SMILES string of the molecule is O=C(/C=C/c1ccncc1)Nc1n[nH]c2c1CN(S(=O)(=O)Cc1ccccc1)C2. The number of aromatic nitrogens is 3. The summed E-state index contributed by atoms with van der Waals surface area (Å²) in [6, 6.07) is 12.6. The van der Waals surface area contributed by atoms with E-state index in [0.717, 1.165) is 11.1 Å². The van der Waals surface area contributed by atoms with Gasteiger partial charge in [-0.25, -0.2) is 8.42 Å². The van der Waals surface area contributed by atoms with Gasteiger partial charge in [-0.2, -0.15) is 9.40 Å². The molecule has 2 aromatic heterocycles. The number of aromatic amines is 1. The second-order valence-electron chi connectivity index (χ2n) is 6.64. The lowest BCUT2D eigenvalue weighted by atomic mass is 10.2. The first-order chi connectivity index (χ1) is 14.0. The van der Waals surface area contributed by atoms with Gasteiger partial charge in [-0.15, -0.1) is 0 Å². The average Bonchev–Trinajstić information content (AvgIpc) is 3.30. The number of sulfonamides is 1. The van der Waals surface area contributed by atoms with Crippen LogP contribution in [0.15, 0.2) is 60.9 Å². The Labute approximate surface area is 168 Å². The molecule has 3 heterocycles. The molecule has 0 bridgehead atoms. The van der Waals surface area contributed by atoms with Gasteiger partial charge in [0.1, 0.15) is 0 Å². The summed E-state index contributed by atoms with van der Waals surface area (Å²) in [4.78, 5) is 16.1. The predicted octanol–water partition coefficient (Wildman–Crippen LogP) is 2.30. The average molecular weight is 409 g/mol. The first kappa shape index (κ1) is 19.0. The summed E-state index contributed by atoms with van der Waals surface area (Å²) in [5.41, 5.74) is 2.96. The number of rotatable bonds is 6. The molecular formula is C20H19N5O3S. The number of carbonyl (C=O) groups excluding carboxylic acids is 1. The van der Waals surface area contributed by atoms with E-state index in [2.05, 4.69) is 20.5 Å². The molecule has 1 amide bonds. The van der Waals surface area contributed by atoms with Crippen molar-refractivity contribution in [3.8, 4) is 0 Å². The quantitative estimate of drug-likeness (QED) is 0.608. The van der Waals surface area contributed by atoms with Crippen molar-refractivity contribution in [3.05, 3.63) is 83.3 Å². The summed E-state index contributed by atoms with van der Waals surface area (Å²) >= 11 is 0. The Morgan fingerprint density at radius 2 is 1.90 bits per heavy atom. The number of hydrogen-bond donors (Lipinski definition) is 2. The molecule has 0 saturated carbocycles. The zero-order valence-electron chi connectivity index (χ0n) is 15.4. The van der Waals surface area contributed by atoms with Crippen LogP contribution in [0, 0.1) is 0 Å². The Morgan fingerprint density at radius 3 is 2.66 bits per heavy atom. The summed E-state index contributed by atoms with van der Waals surface area (Å²) in [6.45, 7) is 0.380. The van der Waals surface area contributed by atoms with Gasteiger partial charge in [-0.05, 0) is 29.3 Å². The maximum Gasteiger partial charge on any atom is 0.249 e. The van der Waals surface area contributed by atoms with Gasteiger partial charge in [0.2, 0.25) is 15.9 Å². The molecule has 1 aromatic carbocycles. The van der Waals surface area contributed by atoms with Crippen molar-refractivity contribution in [1.29, 1.82) is 0 Å². The second-order valence-corrected chi connectivity index (χ2v) is 8.61. The van der Waals surface area contributed by atoms with Crippen LogP contribution in [-0.2, 0) is 33.7 Å². The smallest absolute Gasteiger partial charge is 0.249 e. The van der Waals surface area contributed by atoms with Crippen molar-refractivity contribution >= 4 is 27.8 Å². The molecule has 2 N–H and O–H groups in total. The molecule has 0 spiro atoms. The second kappa shape index (κ2) is 7.98. The van der Waals surface area contributed by atoms with Crippen molar-refractivity contribution in [2.45, 2.75) is 18.8 Å². The van der Waals surface area contributed by atoms with Gasteiger partial charge in [0, 0.05) is 30.6 Å². The fourth-order valence-electron chi connectivity index (χ4n) is 3.09. The Bertz CT molecular complexity index is 1140. The normalized spacial score (nSPS) is 14.2. The number of hydrogen-bond acceptors (Lipinski definition) is 5. The van der Waals surface area contributed by atoms with E-state index in [1.807, 2.05) is 18.2 Å². The topological polar surface area (TPSA) is 108 Å².